The number of hydrogen-bond donors (Lipinski definition) is 1. The van der Waals surface area contributed by atoms with Gasteiger partial charge >= 0.3 is 5.97 Å². The molecule has 0 radical (unpaired) electrons. The summed E-state index contributed by atoms with van der Waals surface area (Å²) in [7, 11) is 3.16. The fourth-order valence-corrected chi connectivity index (χ4v) is 1.50. The summed E-state index contributed by atoms with van der Waals surface area (Å²) in [4.78, 5) is 11.6. The lowest BCUT2D eigenvalue weighted by atomic mass is 9.95. The molecule has 0 rings (SSSR count). The Kier molecular flexibility index (Phi) is 6.60. The molecule has 0 aliphatic heterocycles. The van der Waals surface area contributed by atoms with E-state index in [9.17, 15) is 4.79 Å². The van der Waals surface area contributed by atoms with Gasteiger partial charge in [0.15, 0.2) is 0 Å². The minimum atomic E-state index is -0.675. The zero-order chi connectivity index (χ0) is 12.8. The van der Waals surface area contributed by atoms with Crippen molar-refractivity contribution in [2.45, 2.75) is 45.8 Å². The number of methoxy groups -OCH3 is 1. The summed E-state index contributed by atoms with van der Waals surface area (Å²) in [6.45, 7) is 8.71. The molecule has 0 bridgehead atoms. The quantitative estimate of drug-likeness (QED) is 0.676. The van der Waals surface area contributed by atoms with Gasteiger partial charge in [0.1, 0.15) is 5.54 Å². The molecule has 0 fully saturated rings. The van der Waals surface area contributed by atoms with Crippen LogP contribution in [0.4, 0.5) is 0 Å². The fourth-order valence-electron chi connectivity index (χ4n) is 1.50. The van der Waals surface area contributed by atoms with Gasteiger partial charge in [-0.3, -0.25) is 4.79 Å². The molecule has 0 saturated carbocycles. The van der Waals surface area contributed by atoms with Crippen LogP contribution < -0.4 is 5.32 Å². The number of esters is 1. The van der Waals surface area contributed by atoms with E-state index in [1.165, 1.54) is 7.11 Å². The molecule has 96 valence electrons. The van der Waals surface area contributed by atoms with Crippen LogP contribution >= 0.6 is 0 Å². The first kappa shape index (κ1) is 15.4. The van der Waals surface area contributed by atoms with Gasteiger partial charge in [-0.15, -0.1) is 0 Å². The van der Waals surface area contributed by atoms with Gasteiger partial charge in [0.05, 0.1) is 13.2 Å². The van der Waals surface area contributed by atoms with E-state index in [1.54, 1.807) is 7.05 Å². The Morgan fingerprint density at radius 2 is 1.94 bits per heavy atom. The number of carbonyl (C=O) groups is 1. The van der Waals surface area contributed by atoms with Gasteiger partial charge in [-0.05, 0) is 26.8 Å². The van der Waals surface area contributed by atoms with Crippen LogP contribution in [-0.2, 0) is 14.3 Å². The number of rotatable bonds is 7. The fraction of sp³-hybridized carbons (Fsp3) is 0.917. The maximum absolute atomic E-state index is 11.6. The Balaban J connectivity index is 4.25. The molecule has 0 aliphatic rings. The minimum Gasteiger partial charge on any atom is -0.468 e. The van der Waals surface area contributed by atoms with Crippen molar-refractivity contribution in [1.29, 1.82) is 0 Å². The predicted molar refractivity (Wildman–Crippen MR) is 64.3 cm³/mol. The van der Waals surface area contributed by atoms with Crippen molar-refractivity contribution < 1.29 is 14.3 Å². The van der Waals surface area contributed by atoms with E-state index >= 15 is 0 Å². The Labute approximate surface area is 98.7 Å². The van der Waals surface area contributed by atoms with Gasteiger partial charge in [-0.2, -0.15) is 0 Å². The number of hydrogen-bond acceptors (Lipinski definition) is 4. The van der Waals surface area contributed by atoms with Crippen LogP contribution in [0.5, 0.6) is 0 Å². The van der Waals surface area contributed by atoms with Crippen LogP contribution in [-0.4, -0.2) is 38.4 Å². The van der Waals surface area contributed by atoms with Crippen molar-refractivity contribution in [3.8, 4) is 0 Å². The maximum atomic E-state index is 11.6. The summed E-state index contributed by atoms with van der Waals surface area (Å²) in [5, 5.41) is 2.99. The number of likely N-dealkylation sites (N-methyl/N-ethyl adjacent to an activating group) is 1. The first-order valence-corrected chi connectivity index (χ1v) is 5.74. The third-order valence-electron chi connectivity index (χ3n) is 2.60. The molecule has 2 unspecified atom stereocenters. The SMILES string of the molecule is CNC(C)(CC(C)OCC(C)C)C(=O)OC. The van der Waals surface area contributed by atoms with Crippen molar-refractivity contribution in [3.05, 3.63) is 0 Å². The summed E-state index contributed by atoms with van der Waals surface area (Å²) < 4.78 is 10.4. The molecule has 0 spiro atoms. The van der Waals surface area contributed by atoms with Crippen LogP contribution in [0, 0.1) is 5.92 Å². The van der Waals surface area contributed by atoms with Gasteiger partial charge in [0.2, 0.25) is 0 Å². The highest BCUT2D eigenvalue weighted by Gasteiger charge is 2.34. The van der Waals surface area contributed by atoms with Gasteiger partial charge in [-0.25, -0.2) is 0 Å². The Morgan fingerprint density at radius 3 is 2.31 bits per heavy atom. The molecule has 0 aliphatic carbocycles. The molecule has 0 aromatic carbocycles. The molecule has 0 aromatic heterocycles. The minimum absolute atomic E-state index is 0.0268. The van der Waals surface area contributed by atoms with Crippen molar-refractivity contribution in [2.75, 3.05) is 20.8 Å². The molecule has 0 heterocycles. The molecular formula is C12H25NO3. The molecular weight excluding hydrogens is 206 g/mol. The highest BCUT2D eigenvalue weighted by molar-refractivity contribution is 5.80. The highest BCUT2D eigenvalue weighted by Crippen LogP contribution is 2.16. The average molecular weight is 231 g/mol. The van der Waals surface area contributed by atoms with E-state index in [2.05, 4.69) is 19.2 Å². The van der Waals surface area contributed by atoms with Gasteiger partial charge in [0, 0.05) is 13.0 Å². The lowest BCUT2D eigenvalue weighted by Gasteiger charge is -2.29. The standard InChI is InChI=1S/C12H25NO3/c1-9(2)8-16-10(3)7-12(4,13-5)11(14)15-6/h9-10,13H,7-8H2,1-6H3. The molecule has 1 N–H and O–H groups in total. The summed E-state index contributed by atoms with van der Waals surface area (Å²) in [6, 6.07) is 0. The van der Waals surface area contributed by atoms with Crippen molar-refractivity contribution in [2.24, 2.45) is 5.92 Å². The second kappa shape index (κ2) is 6.86. The Bertz CT molecular complexity index is 218. The van der Waals surface area contributed by atoms with Crippen LogP contribution in [0.1, 0.15) is 34.1 Å². The van der Waals surface area contributed by atoms with E-state index in [0.717, 1.165) is 0 Å². The van der Waals surface area contributed by atoms with Crippen molar-refractivity contribution in [3.63, 3.8) is 0 Å². The second-order valence-electron chi connectivity index (χ2n) is 4.82. The molecule has 4 heteroatoms. The maximum Gasteiger partial charge on any atom is 0.325 e. The molecule has 0 aromatic rings. The number of carbonyl (C=O) groups excluding carboxylic acids is 1. The van der Waals surface area contributed by atoms with Gasteiger partial charge in [-0.1, -0.05) is 13.8 Å². The van der Waals surface area contributed by atoms with Crippen molar-refractivity contribution >= 4 is 5.97 Å². The van der Waals surface area contributed by atoms with Crippen molar-refractivity contribution in [1.82, 2.24) is 5.32 Å². The van der Waals surface area contributed by atoms with Crippen LogP contribution in [0.25, 0.3) is 0 Å². The van der Waals surface area contributed by atoms with Crippen LogP contribution in [0.15, 0.2) is 0 Å². The summed E-state index contributed by atoms with van der Waals surface area (Å²) in [5.41, 5.74) is -0.675. The van der Waals surface area contributed by atoms with Gasteiger partial charge in [0.25, 0.3) is 0 Å². The van der Waals surface area contributed by atoms with E-state index in [0.29, 0.717) is 18.9 Å². The Hall–Kier alpha value is -0.610. The molecule has 2 atom stereocenters. The monoisotopic (exact) mass is 231 g/mol. The van der Waals surface area contributed by atoms with Gasteiger partial charge < -0.3 is 14.8 Å². The van der Waals surface area contributed by atoms with Crippen LogP contribution in [0.2, 0.25) is 0 Å². The van der Waals surface area contributed by atoms with Crippen LogP contribution in [0.3, 0.4) is 0 Å². The molecule has 4 nitrogen and oxygen atoms in total. The third kappa shape index (κ3) is 4.94. The van der Waals surface area contributed by atoms with E-state index in [4.69, 9.17) is 9.47 Å². The first-order chi connectivity index (χ1) is 7.35. The number of ether oxygens (including phenoxy) is 2. The number of nitrogens with one attached hydrogen (secondary N) is 1. The van der Waals surface area contributed by atoms with E-state index in [1.807, 2.05) is 13.8 Å². The topological polar surface area (TPSA) is 47.6 Å². The lowest BCUT2D eigenvalue weighted by Crippen LogP contribution is -2.50. The Morgan fingerprint density at radius 1 is 1.38 bits per heavy atom. The molecule has 0 amide bonds. The average Bonchev–Trinajstić information content (AvgIpc) is 2.24. The highest BCUT2D eigenvalue weighted by atomic mass is 16.5. The summed E-state index contributed by atoms with van der Waals surface area (Å²) in [5.74, 6) is 0.247. The summed E-state index contributed by atoms with van der Waals surface area (Å²) in [6.07, 6.45) is 0.627. The van der Waals surface area contributed by atoms with E-state index in [-0.39, 0.29) is 12.1 Å². The smallest absolute Gasteiger partial charge is 0.325 e. The predicted octanol–water partition coefficient (Wildman–Crippen LogP) is 1.59. The third-order valence-corrected chi connectivity index (χ3v) is 2.60. The molecule has 16 heavy (non-hydrogen) atoms. The largest absolute Gasteiger partial charge is 0.468 e. The first-order valence-electron chi connectivity index (χ1n) is 5.74. The summed E-state index contributed by atoms with van der Waals surface area (Å²) >= 11 is 0. The normalized spacial score (nSPS) is 16.9. The zero-order valence-electron chi connectivity index (χ0n) is 11.3. The zero-order valence-corrected chi connectivity index (χ0v) is 11.3. The lowest BCUT2D eigenvalue weighted by molar-refractivity contribution is -0.149. The molecule has 0 saturated heterocycles. The second-order valence-corrected chi connectivity index (χ2v) is 4.82. The van der Waals surface area contributed by atoms with E-state index < -0.39 is 5.54 Å².